The number of esters is 1. The molecule has 0 saturated heterocycles. The summed E-state index contributed by atoms with van der Waals surface area (Å²) in [5, 5.41) is 0.579. The molecular formula is C12H9BrClNO3S2. The quantitative estimate of drug-likeness (QED) is 0.558. The highest BCUT2D eigenvalue weighted by Crippen LogP contribution is 2.40. The zero-order chi connectivity index (χ0) is 14.9. The lowest BCUT2D eigenvalue weighted by Crippen LogP contribution is -2.09. The molecule has 0 radical (unpaired) electrons. The van der Waals surface area contributed by atoms with Gasteiger partial charge in [-0.1, -0.05) is 11.6 Å². The molecule has 106 valence electrons. The molecule has 20 heavy (non-hydrogen) atoms. The molecule has 0 N–H and O–H groups in total. The van der Waals surface area contributed by atoms with Crippen LogP contribution in [0.5, 0.6) is 0 Å². The van der Waals surface area contributed by atoms with Crippen LogP contribution in [0.15, 0.2) is 10.5 Å². The zero-order valence-electron chi connectivity index (χ0n) is 10.5. The maximum Gasteiger partial charge on any atom is 0.358 e. The summed E-state index contributed by atoms with van der Waals surface area (Å²) < 4.78 is 6.27. The average Bonchev–Trinajstić information content (AvgIpc) is 2.95. The highest BCUT2D eigenvalue weighted by molar-refractivity contribution is 9.10. The van der Waals surface area contributed by atoms with Gasteiger partial charge in [0.05, 0.1) is 11.5 Å². The van der Waals surface area contributed by atoms with Gasteiger partial charge in [0.15, 0.2) is 11.5 Å². The molecule has 0 atom stereocenters. The van der Waals surface area contributed by atoms with E-state index >= 15 is 0 Å². The predicted molar refractivity (Wildman–Crippen MR) is 84.1 cm³/mol. The van der Waals surface area contributed by atoms with Gasteiger partial charge in [0.2, 0.25) is 0 Å². The van der Waals surface area contributed by atoms with Crippen molar-refractivity contribution in [3.63, 3.8) is 0 Å². The smallest absolute Gasteiger partial charge is 0.358 e. The number of hydrogen-bond donors (Lipinski definition) is 0. The van der Waals surface area contributed by atoms with E-state index in [0.29, 0.717) is 14.2 Å². The molecule has 0 fully saturated rings. The summed E-state index contributed by atoms with van der Waals surface area (Å²) in [6, 6.07) is 1.81. The number of aromatic nitrogens is 1. The molecule has 0 aliphatic rings. The van der Waals surface area contributed by atoms with E-state index in [1.807, 2.05) is 6.07 Å². The minimum atomic E-state index is -0.582. The van der Waals surface area contributed by atoms with Crippen LogP contribution >= 0.6 is 50.2 Å². The number of carbonyl (C=O) groups excluding carboxylic acids is 2. The van der Waals surface area contributed by atoms with E-state index in [9.17, 15) is 9.59 Å². The molecule has 2 rings (SSSR count). The topological polar surface area (TPSA) is 56.3 Å². The van der Waals surface area contributed by atoms with Gasteiger partial charge in [0.25, 0.3) is 0 Å². The number of thiazole rings is 1. The first-order valence-electron chi connectivity index (χ1n) is 5.58. The SMILES string of the molecule is CCOC(=O)c1nc(-c2cc(Br)c(Cl)s2)sc1C(C)=O. The summed E-state index contributed by atoms with van der Waals surface area (Å²) in [5.41, 5.74) is 0.0694. The summed E-state index contributed by atoms with van der Waals surface area (Å²) in [4.78, 5) is 28.8. The molecule has 8 heteroatoms. The standard InChI is InChI=1S/C12H9BrClNO3S2/c1-3-18-12(17)8-9(5(2)16)20-11(15-8)7-4-6(13)10(14)19-7/h4H,3H2,1-2H3. The highest BCUT2D eigenvalue weighted by Gasteiger charge is 2.23. The van der Waals surface area contributed by atoms with Gasteiger partial charge in [-0.2, -0.15) is 0 Å². The molecule has 2 heterocycles. The van der Waals surface area contributed by atoms with Gasteiger partial charge < -0.3 is 4.74 Å². The summed E-state index contributed by atoms with van der Waals surface area (Å²) in [6.07, 6.45) is 0. The fourth-order valence-electron chi connectivity index (χ4n) is 1.45. The Morgan fingerprint density at radius 3 is 2.65 bits per heavy atom. The van der Waals surface area contributed by atoms with Crippen LogP contribution in [0.25, 0.3) is 9.88 Å². The van der Waals surface area contributed by atoms with Crippen LogP contribution in [0.2, 0.25) is 4.34 Å². The summed E-state index contributed by atoms with van der Waals surface area (Å²) in [6.45, 7) is 3.34. The Morgan fingerprint density at radius 2 is 2.15 bits per heavy atom. The monoisotopic (exact) mass is 393 g/mol. The second kappa shape index (κ2) is 6.34. The van der Waals surface area contributed by atoms with Crippen LogP contribution in [0.3, 0.4) is 0 Å². The van der Waals surface area contributed by atoms with E-state index in [1.54, 1.807) is 6.92 Å². The van der Waals surface area contributed by atoms with Crippen LogP contribution in [-0.2, 0) is 4.74 Å². The lowest BCUT2D eigenvalue weighted by atomic mass is 10.3. The van der Waals surface area contributed by atoms with Gasteiger partial charge in [0.1, 0.15) is 14.2 Å². The molecule has 0 amide bonds. The molecule has 2 aromatic heterocycles. The third kappa shape index (κ3) is 3.11. The van der Waals surface area contributed by atoms with Crippen molar-refractivity contribution in [2.45, 2.75) is 13.8 Å². The van der Waals surface area contributed by atoms with Crippen molar-refractivity contribution in [3.05, 3.63) is 25.4 Å². The van der Waals surface area contributed by atoms with Gasteiger partial charge in [-0.25, -0.2) is 9.78 Å². The fraction of sp³-hybridized carbons (Fsp3) is 0.250. The van der Waals surface area contributed by atoms with E-state index in [-0.39, 0.29) is 18.1 Å². The number of Topliss-reactive ketones (excluding diaryl/α,β-unsaturated/α-hetero) is 1. The molecule has 2 aromatic rings. The number of hydrogen-bond acceptors (Lipinski definition) is 6. The van der Waals surface area contributed by atoms with E-state index in [4.69, 9.17) is 16.3 Å². The minimum Gasteiger partial charge on any atom is -0.461 e. The molecule has 4 nitrogen and oxygen atoms in total. The second-order valence-corrected chi connectivity index (χ2v) is 7.21. The number of nitrogens with zero attached hydrogens (tertiary/aromatic N) is 1. The number of halogens is 2. The highest BCUT2D eigenvalue weighted by atomic mass is 79.9. The summed E-state index contributed by atoms with van der Waals surface area (Å²) >= 11 is 11.8. The van der Waals surface area contributed by atoms with Crippen LogP contribution in [0.1, 0.15) is 34.0 Å². The number of rotatable bonds is 4. The van der Waals surface area contributed by atoms with Crippen molar-refractivity contribution in [2.24, 2.45) is 0 Å². The lowest BCUT2D eigenvalue weighted by molar-refractivity contribution is 0.0517. The Kier molecular flexibility index (Phi) is 4.95. The van der Waals surface area contributed by atoms with Gasteiger partial charge in [-0.05, 0) is 28.9 Å². The van der Waals surface area contributed by atoms with Crippen LogP contribution in [0, 0.1) is 0 Å². The van der Waals surface area contributed by atoms with E-state index < -0.39 is 5.97 Å². The van der Waals surface area contributed by atoms with E-state index in [1.165, 1.54) is 29.6 Å². The number of carbonyl (C=O) groups is 2. The average molecular weight is 395 g/mol. The first-order valence-corrected chi connectivity index (χ1v) is 8.38. The lowest BCUT2D eigenvalue weighted by Gasteiger charge is -1.98. The summed E-state index contributed by atoms with van der Waals surface area (Å²) in [5.74, 6) is -0.791. The molecule has 0 aromatic carbocycles. The van der Waals surface area contributed by atoms with Crippen molar-refractivity contribution >= 4 is 62.0 Å². The predicted octanol–water partition coefficient (Wildman–Crippen LogP) is 4.67. The van der Waals surface area contributed by atoms with Gasteiger partial charge in [-0.3, -0.25) is 4.79 Å². The Labute approximate surface area is 136 Å². The first-order chi connectivity index (χ1) is 9.43. The number of ether oxygens (including phenoxy) is 1. The van der Waals surface area contributed by atoms with Crippen molar-refractivity contribution in [1.29, 1.82) is 0 Å². The largest absolute Gasteiger partial charge is 0.461 e. The normalized spacial score (nSPS) is 10.6. The van der Waals surface area contributed by atoms with Crippen molar-refractivity contribution in [2.75, 3.05) is 6.61 Å². The zero-order valence-corrected chi connectivity index (χ0v) is 14.5. The molecule has 0 spiro atoms. The van der Waals surface area contributed by atoms with Crippen LogP contribution in [0.4, 0.5) is 0 Å². The minimum absolute atomic E-state index is 0.0694. The van der Waals surface area contributed by atoms with Crippen molar-refractivity contribution in [1.82, 2.24) is 4.98 Å². The summed E-state index contributed by atoms with van der Waals surface area (Å²) in [7, 11) is 0. The fourth-order valence-corrected chi connectivity index (χ4v) is 4.15. The third-order valence-electron chi connectivity index (χ3n) is 2.27. The van der Waals surface area contributed by atoms with E-state index in [2.05, 4.69) is 20.9 Å². The Bertz CT molecular complexity index is 661. The van der Waals surface area contributed by atoms with Gasteiger partial charge in [0, 0.05) is 11.4 Å². The molecule has 0 bridgehead atoms. The third-order valence-corrected chi connectivity index (χ3v) is 6.07. The number of ketones is 1. The molecular weight excluding hydrogens is 386 g/mol. The Hall–Kier alpha value is -0.760. The molecule has 0 saturated carbocycles. The Balaban J connectivity index is 2.49. The van der Waals surface area contributed by atoms with Crippen LogP contribution in [-0.4, -0.2) is 23.3 Å². The van der Waals surface area contributed by atoms with Gasteiger partial charge in [-0.15, -0.1) is 22.7 Å². The van der Waals surface area contributed by atoms with Gasteiger partial charge >= 0.3 is 5.97 Å². The Morgan fingerprint density at radius 1 is 1.45 bits per heavy atom. The maximum absolute atomic E-state index is 11.8. The molecule has 0 aliphatic carbocycles. The van der Waals surface area contributed by atoms with E-state index in [0.717, 1.165) is 9.35 Å². The van der Waals surface area contributed by atoms with Crippen molar-refractivity contribution < 1.29 is 14.3 Å². The first kappa shape index (κ1) is 15.6. The second-order valence-electron chi connectivity index (χ2n) is 3.71. The van der Waals surface area contributed by atoms with Crippen molar-refractivity contribution in [3.8, 4) is 9.88 Å². The number of thiophene rings is 1. The maximum atomic E-state index is 11.8. The molecule has 0 unspecified atom stereocenters. The van der Waals surface area contributed by atoms with Crippen LogP contribution < -0.4 is 0 Å². The molecule has 0 aliphatic heterocycles.